The summed E-state index contributed by atoms with van der Waals surface area (Å²) in [7, 11) is 1.53. The van der Waals surface area contributed by atoms with Crippen LogP contribution in [0.2, 0.25) is 10.0 Å². The average Bonchev–Trinajstić information content (AvgIpc) is 3.10. The Morgan fingerprint density at radius 2 is 1.45 bits per heavy atom. The Bertz CT molecular complexity index is 1920. The van der Waals surface area contributed by atoms with Crippen molar-refractivity contribution in [3.05, 3.63) is 160 Å². The van der Waals surface area contributed by atoms with Gasteiger partial charge in [-0.2, -0.15) is 0 Å². The van der Waals surface area contributed by atoms with Crippen molar-refractivity contribution in [1.29, 1.82) is 0 Å². The Morgan fingerprint density at radius 3 is 2.19 bits per heavy atom. The lowest BCUT2D eigenvalue weighted by atomic mass is 10.1. The Kier molecular flexibility index (Phi) is 11.4. The SMILES string of the molecule is COc1ccccc1/C=C(/NC(=O)c1ccccc1)C(=O)Nc1cccc(SC(C(=O)Nc2cccc(Cl)c2Cl)c2ccccc2)c1. The van der Waals surface area contributed by atoms with Crippen LogP contribution in [-0.4, -0.2) is 24.8 Å². The van der Waals surface area contributed by atoms with Gasteiger partial charge in [0.1, 0.15) is 16.7 Å². The topological polar surface area (TPSA) is 96.5 Å². The van der Waals surface area contributed by atoms with Gasteiger partial charge in [-0.15, -0.1) is 11.8 Å². The number of amides is 3. The van der Waals surface area contributed by atoms with E-state index in [1.807, 2.05) is 48.5 Å². The van der Waals surface area contributed by atoms with Gasteiger partial charge in [-0.05, 0) is 60.2 Å². The first-order chi connectivity index (χ1) is 22.8. The summed E-state index contributed by atoms with van der Waals surface area (Å²) in [6, 6.07) is 37.3. The minimum atomic E-state index is -0.664. The molecule has 0 aliphatic carbocycles. The summed E-state index contributed by atoms with van der Waals surface area (Å²) in [5.41, 5.74) is 2.65. The number of rotatable bonds is 11. The van der Waals surface area contributed by atoms with Crippen LogP contribution < -0.4 is 20.7 Å². The van der Waals surface area contributed by atoms with Crippen LogP contribution in [0.5, 0.6) is 5.75 Å². The van der Waals surface area contributed by atoms with Crippen molar-refractivity contribution < 1.29 is 19.1 Å². The summed E-state index contributed by atoms with van der Waals surface area (Å²) in [5, 5.41) is 8.44. The van der Waals surface area contributed by atoms with Gasteiger partial charge in [0.25, 0.3) is 11.8 Å². The fourth-order valence-electron chi connectivity index (χ4n) is 4.56. The van der Waals surface area contributed by atoms with Gasteiger partial charge in [-0.1, -0.05) is 102 Å². The fourth-order valence-corrected chi connectivity index (χ4v) is 6.00. The molecule has 5 rings (SSSR count). The number of para-hydroxylation sites is 1. The van der Waals surface area contributed by atoms with Crippen LogP contribution in [0.1, 0.15) is 26.7 Å². The average molecular weight is 683 g/mol. The molecule has 7 nitrogen and oxygen atoms in total. The molecule has 0 saturated carbocycles. The summed E-state index contributed by atoms with van der Waals surface area (Å²) >= 11 is 13.8. The molecule has 236 valence electrons. The summed E-state index contributed by atoms with van der Waals surface area (Å²) in [4.78, 5) is 41.1. The van der Waals surface area contributed by atoms with Gasteiger partial charge in [-0.25, -0.2) is 0 Å². The molecule has 0 saturated heterocycles. The van der Waals surface area contributed by atoms with Crippen molar-refractivity contribution in [2.24, 2.45) is 0 Å². The number of halogens is 2. The van der Waals surface area contributed by atoms with E-state index < -0.39 is 17.1 Å². The molecule has 47 heavy (non-hydrogen) atoms. The first-order valence-corrected chi connectivity index (χ1v) is 16.0. The fraction of sp³-hybridized carbons (Fsp3) is 0.0541. The number of carbonyl (C=O) groups is 3. The standard InChI is InChI=1S/C37H29Cl2N3O4S/c1-46-32-21-9-8-16-26(32)22-31(42-35(43)25-14-6-3-7-15-25)36(44)40-27-17-10-18-28(23-27)47-34(24-12-4-2-5-13-24)37(45)41-30-20-11-19-29(38)33(30)39/h2-23,34H,1H3,(H,40,44)(H,41,45)(H,42,43)/b31-22+. The highest BCUT2D eigenvalue weighted by Crippen LogP contribution is 2.38. The summed E-state index contributed by atoms with van der Waals surface area (Å²) in [5.74, 6) is -0.752. The first-order valence-electron chi connectivity index (χ1n) is 14.4. The normalized spacial score (nSPS) is 11.7. The molecule has 1 atom stereocenters. The van der Waals surface area contributed by atoms with Crippen molar-refractivity contribution in [3.8, 4) is 5.75 Å². The molecule has 0 heterocycles. The van der Waals surface area contributed by atoms with E-state index in [9.17, 15) is 14.4 Å². The van der Waals surface area contributed by atoms with E-state index in [-0.39, 0.29) is 16.6 Å². The van der Waals surface area contributed by atoms with Gasteiger partial charge in [0, 0.05) is 21.7 Å². The smallest absolute Gasteiger partial charge is 0.272 e. The Hall–Kier alpha value is -5.02. The number of methoxy groups -OCH3 is 1. The number of benzene rings is 5. The Morgan fingerprint density at radius 1 is 0.766 bits per heavy atom. The third kappa shape index (κ3) is 8.83. The van der Waals surface area contributed by atoms with E-state index in [2.05, 4.69) is 16.0 Å². The lowest BCUT2D eigenvalue weighted by Crippen LogP contribution is -2.30. The highest BCUT2D eigenvalue weighted by molar-refractivity contribution is 8.00. The van der Waals surface area contributed by atoms with Crippen LogP contribution in [0.25, 0.3) is 6.08 Å². The number of thioether (sulfide) groups is 1. The summed E-state index contributed by atoms with van der Waals surface area (Å²) in [6.45, 7) is 0. The maximum atomic E-state index is 13.7. The highest BCUT2D eigenvalue weighted by Gasteiger charge is 2.24. The second-order valence-corrected chi connectivity index (χ2v) is 12.1. The van der Waals surface area contributed by atoms with Crippen LogP contribution in [-0.2, 0) is 9.59 Å². The van der Waals surface area contributed by atoms with Gasteiger partial charge in [0.05, 0.1) is 22.8 Å². The van der Waals surface area contributed by atoms with Crippen molar-refractivity contribution in [1.82, 2.24) is 5.32 Å². The molecular formula is C37H29Cl2N3O4S. The van der Waals surface area contributed by atoms with E-state index in [0.29, 0.717) is 38.2 Å². The van der Waals surface area contributed by atoms with Gasteiger partial charge < -0.3 is 20.7 Å². The number of nitrogens with one attached hydrogen (secondary N) is 3. The zero-order chi connectivity index (χ0) is 33.2. The molecule has 1 unspecified atom stereocenters. The molecule has 5 aromatic carbocycles. The lowest BCUT2D eigenvalue weighted by molar-refractivity contribution is -0.116. The minimum absolute atomic E-state index is 0.0151. The van der Waals surface area contributed by atoms with Crippen molar-refractivity contribution in [2.45, 2.75) is 10.1 Å². The second kappa shape index (κ2) is 16.0. The molecule has 5 aromatic rings. The zero-order valence-corrected chi connectivity index (χ0v) is 27.4. The molecule has 0 aliphatic rings. The Balaban J connectivity index is 1.40. The van der Waals surface area contributed by atoms with Crippen LogP contribution in [0.3, 0.4) is 0 Å². The van der Waals surface area contributed by atoms with Gasteiger partial charge in [0.2, 0.25) is 5.91 Å². The lowest BCUT2D eigenvalue weighted by Gasteiger charge is -2.18. The van der Waals surface area contributed by atoms with E-state index in [1.165, 1.54) is 18.9 Å². The van der Waals surface area contributed by atoms with Crippen LogP contribution in [0.15, 0.2) is 138 Å². The first kappa shape index (κ1) is 33.3. The molecule has 3 N–H and O–H groups in total. The molecule has 0 aromatic heterocycles. The van der Waals surface area contributed by atoms with E-state index in [1.54, 1.807) is 84.9 Å². The number of hydrogen-bond donors (Lipinski definition) is 3. The predicted molar refractivity (Wildman–Crippen MR) is 190 cm³/mol. The molecule has 0 fully saturated rings. The van der Waals surface area contributed by atoms with Crippen LogP contribution in [0, 0.1) is 0 Å². The Labute approximate surface area is 287 Å². The van der Waals surface area contributed by atoms with Gasteiger partial charge in [0.15, 0.2) is 0 Å². The third-order valence-corrected chi connectivity index (χ3v) is 8.93. The molecule has 0 aliphatic heterocycles. The van der Waals surface area contributed by atoms with E-state index in [0.717, 1.165) is 5.56 Å². The number of ether oxygens (including phenoxy) is 1. The summed E-state index contributed by atoms with van der Waals surface area (Å²) < 4.78 is 5.45. The van der Waals surface area contributed by atoms with Crippen molar-refractivity contribution in [2.75, 3.05) is 17.7 Å². The monoisotopic (exact) mass is 681 g/mol. The van der Waals surface area contributed by atoms with Gasteiger partial charge >= 0.3 is 0 Å². The maximum absolute atomic E-state index is 13.7. The van der Waals surface area contributed by atoms with Crippen LogP contribution >= 0.6 is 35.0 Å². The number of hydrogen-bond acceptors (Lipinski definition) is 5. The minimum Gasteiger partial charge on any atom is -0.496 e. The zero-order valence-electron chi connectivity index (χ0n) is 25.1. The number of carbonyl (C=O) groups excluding carboxylic acids is 3. The molecule has 10 heteroatoms. The summed E-state index contributed by atoms with van der Waals surface area (Å²) in [6.07, 6.45) is 1.56. The molecular weight excluding hydrogens is 653 g/mol. The second-order valence-electron chi connectivity index (χ2n) is 10.1. The van der Waals surface area contributed by atoms with Gasteiger partial charge in [-0.3, -0.25) is 14.4 Å². The largest absolute Gasteiger partial charge is 0.496 e. The van der Waals surface area contributed by atoms with E-state index >= 15 is 0 Å². The molecule has 3 amide bonds. The van der Waals surface area contributed by atoms with Crippen LogP contribution in [0.4, 0.5) is 11.4 Å². The molecule has 0 bridgehead atoms. The number of anilines is 2. The van der Waals surface area contributed by atoms with E-state index in [4.69, 9.17) is 27.9 Å². The predicted octanol–water partition coefficient (Wildman–Crippen LogP) is 8.88. The van der Waals surface area contributed by atoms with Crippen molar-refractivity contribution in [3.63, 3.8) is 0 Å². The quantitative estimate of drug-likeness (QED) is 0.0956. The maximum Gasteiger partial charge on any atom is 0.272 e. The third-order valence-electron chi connectivity index (χ3n) is 6.86. The van der Waals surface area contributed by atoms with Crippen molar-refractivity contribution >= 4 is 70.1 Å². The highest BCUT2D eigenvalue weighted by atomic mass is 35.5. The molecule has 0 radical (unpaired) electrons. The molecule has 0 spiro atoms.